The van der Waals surface area contributed by atoms with E-state index in [-0.39, 0.29) is 17.9 Å². The van der Waals surface area contributed by atoms with Crippen molar-refractivity contribution < 1.29 is 54.4 Å². The zero-order valence-corrected chi connectivity index (χ0v) is 16.0. The Morgan fingerprint density at radius 3 is 2.13 bits per heavy atom. The van der Waals surface area contributed by atoms with Gasteiger partial charge in [-0.15, -0.1) is 0 Å². The zero-order valence-electron chi connectivity index (χ0n) is 16.0. The van der Waals surface area contributed by atoms with Gasteiger partial charge in [0, 0.05) is 0 Å². The Kier molecular flexibility index (Phi) is 6.94. The van der Waals surface area contributed by atoms with Gasteiger partial charge < -0.3 is 55.5 Å². The first-order valence-corrected chi connectivity index (χ1v) is 9.48. The van der Waals surface area contributed by atoms with E-state index in [2.05, 4.69) is 10.6 Å². The predicted molar refractivity (Wildman–Crippen MR) is 94.6 cm³/mol. The molecule has 0 bridgehead atoms. The molecule has 3 aliphatic heterocycles. The van der Waals surface area contributed by atoms with Crippen LogP contribution in [0.4, 0.5) is 4.79 Å². The lowest BCUT2D eigenvalue weighted by molar-refractivity contribution is -0.140. The molecule has 3 aliphatic rings. The number of urea groups is 1. The standard InChI is InChI=1S/C17H26N2O11/c1-2-28-16(26)7-8(14-12(24)10(22)5(3-20)29-14)18-17(27)19-9(7)15-13(25)11(23)6(4-21)30-15/h5-6,8,10-15,20-25H,2-4H2,1H3,(H2,18,19,27)/t5-,6-,8-,10-,11-,12-,13-,14+,15+/m1/s1. The average Bonchev–Trinajstić information content (AvgIpc) is 3.17. The van der Waals surface area contributed by atoms with Crippen LogP contribution in [0.5, 0.6) is 0 Å². The number of esters is 1. The van der Waals surface area contributed by atoms with Crippen molar-refractivity contribution in [1.82, 2.24) is 10.6 Å². The third-order valence-corrected chi connectivity index (χ3v) is 5.37. The minimum atomic E-state index is -1.59. The number of carbonyl (C=O) groups excluding carboxylic acids is 2. The second kappa shape index (κ2) is 9.11. The summed E-state index contributed by atoms with van der Waals surface area (Å²) in [5.41, 5.74) is -0.497. The summed E-state index contributed by atoms with van der Waals surface area (Å²) in [6.07, 6.45) is -11.2. The van der Waals surface area contributed by atoms with E-state index in [9.17, 15) is 40.2 Å². The van der Waals surface area contributed by atoms with Crippen molar-refractivity contribution in [2.75, 3.05) is 19.8 Å². The minimum absolute atomic E-state index is 0.0395. The van der Waals surface area contributed by atoms with Gasteiger partial charge in [-0.1, -0.05) is 0 Å². The highest BCUT2D eigenvalue weighted by atomic mass is 16.6. The number of carbonyl (C=O) groups is 2. The molecule has 0 aromatic heterocycles. The fourth-order valence-corrected chi connectivity index (χ4v) is 3.87. The summed E-state index contributed by atoms with van der Waals surface area (Å²) in [4.78, 5) is 25.0. The lowest BCUT2D eigenvalue weighted by atomic mass is 9.90. The quantitative estimate of drug-likeness (QED) is 0.187. The van der Waals surface area contributed by atoms with E-state index >= 15 is 0 Å². The van der Waals surface area contributed by atoms with Gasteiger partial charge in [-0.05, 0) is 6.92 Å². The third kappa shape index (κ3) is 3.90. The Morgan fingerprint density at radius 1 is 1.00 bits per heavy atom. The van der Waals surface area contributed by atoms with Crippen molar-refractivity contribution >= 4 is 12.0 Å². The van der Waals surface area contributed by atoms with Crippen LogP contribution in [0.15, 0.2) is 11.3 Å². The van der Waals surface area contributed by atoms with Crippen LogP contribution < -0.4 is 10.6 Å². The largest absolute Gasteiger partial charge is 0.463 e. The molecule has 0 aromatic carbocycles. The lowest BCUT2D eigenvalue weighted by Crippen LogP contribution is -2.59. The van der Waals surface area contributed by atoms with Crippen LogP contribution in [0.25, 0.3) is 0 Å². The van der Waals surface area contributed by atoms with E-state index in [1.165, 1.54) is 0 Å². The smallest absolute Gasteiger partial charge is 0.338 e. The highest BCUT2D eigenvalue weighted by molar-refractivity contribution is 5.95. The predicted octanol–water partition coefficient (Wildman–Crippen LogP) is -4.55. The summed E-state index contributed by atoms with van der Waals surface area (Å²) >= 11 is 0. The zero-order chi connectivity index (χ0) is 22.2. The van der Waals surface area contributed by atoms with Crippen LogP contribution >= 0.6 is 0 Å². The Hall–Kier alpha value is -1.84. The highest BCUT2D eigenvalue weighted by Crippen LogP contribution is 2.33. The maximum absolute atomic E-state index is 12.7. The maximum atomic E-state index is 12.7. The lowest BCUT2D eigenvalue weighted by Gasteiger charge is -2.35. The third-order valence-electron chi connectivity index (χ3n) is 5.37. The number of aliphatic hydroxyl groups excluding tert-OH is 6. The van der Waals surface area contributed by atoms with Gasteiger partial charge in [0.25, 0.3) is 0 Å². The highest BCUT2D eigenvalue weighted by Gasteiger charge is 2.53. The van der Waals surface area contributed by atoms with Gasteiger partial charge in [-0.25, -0.2) is 9.59 Å². The first-order valence-electron chi connectivity index (χ1n) is 9.48. The molecule has 13 nitrogen and oxygen atoms in total. The van der Waals surface area contributed by atoms with Crippen LogP contribution in [0.1, 0.15) is 6.92 Å². The second-order valence-electron chi connectivity index (χ2n) is 7.19. The molecule has 0 unspecified atom stereocenters. The van der Waals surface area contributed by atoms with Crippen LogP contribution in [-0.4, -0.2) is 117 Å². The molecule has 0 spiro atoms. The summed E-state index contributed by atoms with van der Waals surface area (Å²) in [6.45, 7) is 0.262. The van der Waals surface area contributed by atoms with E-state index < -0.39 is 80.1 Å². The van der Waals surface area contributed by atoms with Crippen LogP contribution in [0, 0.1) is 0 Å². The Labute approximate surface area is 170 Å². The molecule has 0 aliphatic carbocycles. The first kappa shape index (κ1) is 22.8. The molecule has 2 fully saturated rings. The van der Waals surface area contributed by atoms with Crippen LogP contribution in [0.2, 0.25) is 0 Å². The molecule has 3 rings (SSSR count). The Bertz CT molecular complexity index is 701. The SMILES string of the molecule is CCOC(=O)C1=C([C@@H]2O[C@H](CO)[C@@H](O)[C@H]2O)NC(=O)N[C@H]1[C@@H]1O[C@H](CO)[C@@H](O)[C@H]1O. The summed E-state index contributed by atoms with van der Waals surface area (Å²) in [5.74, 6) is -0.930. The van der Waals surface area contributed by atoms with Gasteiger partial charge in [-0.3, -0.25) is 0 Å². The topological polar surface area (TPSA) is 207 Å². The monoisotopic (exact) mass is 434 g/mol. The van der Waals surface area contributed by atoms with Gasteiger partial charge in [0.1, 0.15) is 48.8 Å². The van der Waals surface area contributed by atoms with Crippen molar-refractivity contribution in [2.24, 2.45) is 0 Å². The number of hydrogen-bond donors (Lipinski definition) is 8. The molecule has 0 aromatic rings. The van der Waals surface area contributed by atoms with Crippen molar-refractivity contribution in [3.8, 4) is 0 Å². The van der Waals surface area contributed by atoms with E-state index in [1.807, 2.05) is 0 Å². The first-order chi connectivity index (χ1) is 14.2. The van der Waals surface area contributed by atoms with E-state index in [0.717, 1.165) is 0 Å². The molecule has 0 radical (unpaired) electrons. The molecule has 2 amide bonds. The molecule has 2 saturated heterocycles. The van der Waals surface area contributed by atoms with Crippen molar-refractivity contribution in [2.45, 2.75) is 61.8 Å². The minimum Gasteiger partial charge on any atom is -0.463 e. The van der Waals surface area contributed by atoms with Gasteiger partial charge >= 0.3 is 12.0 Å². The fourth-order valence-electron chi connectivity index (χ4n) is 3.87. The second-order valence-corrected chi connectivity index (χ2v) is 7.19. The molecule has 30 heavy (non-hydrogen) atoms. The Morgan fingerprint density at radius 2 is 1.60 bits per heavy atom. The normalized spacial score (nSPS) is 41.6. The van der Waals surface area contributed by atoms with Crippen molar-refractivity contribution in [1.29, 1.82) is 0 Å². The number of aliphatic hydroxyl groups is 6. The number of hydrogen-bond acceptors (Lipinski definition) is 11. The van der Waals surface area contributed by atoms with Gasteiger partial charge in [0.15, 0.2) is 0 Å². The molecule has 170 valence electrons. The molecule has 9 atom stereocenters. The molecule has 13 heteroatoms. The van der Waals surface area contributed by atoms with Crippen molar-refractivity contribution in [3.63, 3.8) is 0 Å². The average molecular weight is 434 g/mol. The van der Waals surface area contributed by atoms with E-state index in [1.54, 1.807) is 6.92 Å². The van der Waals surface area contributed by atoms with Gasteiger partial charge in [0.2, 0.25) is 0 Å². The fraction of sp³-hybridized carbons (Fsp3) is 0.765. The number of amides is 2. The summed E-state index contributed by atoms with van der Waals surface area (Å²) in [6, 6.07) is -2.17. The molecule has 8 N–H and O–H groups in total. The Balaban J connectivity index is 2.05. The van der Waals surface area contributed by atoms with E-state index in [4.69, 9.17) is 14.2 Å². The van der Waals surface area contributed by atoms with Crippen molar-refractivity contribution in [3.05, 3.63) is 11.3 Å². The van der Waals surface area contributed by atoms with Crippen LogP contribution in [0.3, 0.4) is 0 Å². The summed E-state index contributed by atoms with van der Waals surface area (Å²) in [5, 5.41) is 64.2. The molecule has 3 heterocycles. The van der Waals surface area contributed by atoms with Gasteiger partial charge in [-0.2, -0.15) is 0 Å². The van der Waals surface area contributed by atoms with E-state index in [0.29, 0.717) is 0 Å². The maximum Gasteiger partial charge on any atom is 0.338 e. The summed E-state index contributed by atoms with van der Waals surface area (Å²) < 4.78 is 15.9. The summed E-state index contributed by atoms with van der Waals surface area (Å²) in [7, 11) is 0. The number of rotatable bonds is 6. The number of nitrogens with one attached hydrogen (secondary N) is 2. The van der Waals surface area contributed by atoms with Crippen LogP contribution in [-0.2, 0) is 19.0 Å². The number of ether oxygens (including phenoxy) is 3. The molecular weight excluding hydrogens is 408 g/mol. The molecular formula is C17H26N2O11. The van der Waals surface area contributed by atoms with Gasteiger partial charge in [0.05, 0.1) is 37.1 Å². The molecule has 0 saturated carbocycles.